The molecule has 0 radical (unpaired) electrons. The van der Waals surface area contributed by atoms with Gasteiger partial charge in [0.2, 0.25) is 5.91 Å². The molecule has 1 heterocycles. The molecule has 2 aliphatic rings. The van der Waals surface area contributed by atoms with Gasteiger partial charge in [-0.3, -0.25) is 4.79 Å². The SMILES string of the molecule is CCC(C)C(C(=O)N1CCC(NCC2CC2)CC1)c1ccccc1. The van der Waals surface area contributed by atoms with Crippen LogP contribution in [0, 0.1) is 11.8 Å². The van der Waals surface area contributed by atoms with Crippen LogP contribution in [0.1, 0.15) is 57.4 Å². The Morgan fingerprint density at radius 1 is 1.17 bits per heavy atom. The van der Waals surface area contributed by atoms with Gasteiger partial charge < -0.3 is 10.2 Å². The van der Waals surface area contributed by atoms with E-state index in [1.807, 2.05) is 18.2 Å². The summed E-state index contributed by atoms with van der Waals surface area (Å²) >= 11 is 0. The van der Waals surface area contributed by atoms with Crippen molar-refractivity contribution in [1.82, 2.24) is 10.2 Å². The first kappa shape index (κ1) is 17.5. The first-order valence-electron chi connectivity index (χ1n) is 9.76. The van der Waals surface area contributed by atoms with Crippen molar-refractivity contribution in [1.29, 1.82) is 0 Å². The minimum absolute atomic E-state index is 0.00664. The highest BCUT2D eigenvalue weighted by atomic mass is 16.2. The van der Waals surface area contributed by atoms with Crippen LogP contribution in [0.3, 0.4) is 0 Å². The van der Waals surface area contributed by atoms with E-state index in [4.69, 9.17) is 0 Å². The second-order valence-electron chi connectivity index (χ2n) is 7.73. The fourth-order valence-electron chi connectivity index (χ4n) is 3.77. The molecular weight excluding hydrogens is 296 g/mol. The molecule has 1 aromatic rings. The van der Waals surface area contributed by atoms with E-state index >= 15 is 0 Å². The Bertz CT molecular complexity index is 518. The summed E-state index contributed by atoms with van der Waals surface area (Å²) in [5.41, 5.74) is 1.17. The van der Waals surface area contributed by atoms with Crippen molar-refractivity contribution < 1.29 is 4.79 Å². The maximum atomic E-state index is 13.2. The lowest BCUT2D eigenvalue weighted by atomic mass is 9.84. The molecule has 1 N–H and O–H groups in total. The Morgan fingerprint density at radius 3 is 2.42 bits per heavy atom. The molecule has 2 atom stereocenters. The number of carbonyl (C=O) groups excluding carboxylic acids is 1. The number of hydrogen-bond acceptors (Lipinski definition) is 2. The summed E-state index contributed by atoms with van der Waals surface area (Å²) in [5, 5.41) is 3.70. The first-order chi connectivity index (χ1) is 11.7. The van der Waals surface area contributed by atoms with E-state index in [0.29, 0.717) is 17.9 Å². The molecule has 1 aliphatic carbocycles. The number of hydrogen-bond donors (Lipinski definition) is 1. The van der Waals surface area contributed by atoms with Crippen LogP contribution in [0.15, 0.2) is 30.3 Å². The van der Waals surface area contributed by atoms with Crippen LogP contribution in [0.4, 0.5) is 0 Å². The Hall–Kier alpha value is -1.35. The van der Waals surface area contributed by atoms with Gasteiger partial charge in [0.15, 0.2) is 0 Å². The summed E-state index contributed by atoms with van der Waals surface area (Å²) in [6.45, 7) is 7.38. The van der Waals surface area contributed by atoms with Crippen LogP contribution in [-0.2, 0) is 4.79 Å². The van der Waals surface area contributed by atoms with Gasteiger partial charge in [-0.05, 0) is 49.6 Å². The number of piperidine rings is 1. The van der Waals surface area contributed by atoms with Crippen molar-refractivity contribution in [3.8, 4) is 0 Å². The molecule has 3 nitrogen and oxygen atoms in total. The fourth-order valence-corrected chi connectivity index (χ4v) is 3.77. The summed E-state index contributed by atoms with van der Waals surface area (Å²) in [5.74, 6) is 1.64. The highest BCUT2D eigenvalue weighted by Crippen LogP contribution is 2.31. The smallest absolute Gasteiger partial charge is 0.230 e. The molecule has 132 valence electrons. The second-order valence-corrected chi connectivity index (χ2v) is 7.73. The van der Waals surface area contributed by atoms with Gasteiger partial charge in [0, 0.05) is 19.1 Å². The molecule has 1 saturated carbocycles. The summed E-state index contributed by atoms with van der Waals surface area (Å²) in [7, 11) is 0. The minimum atomic E-state index is 0.00664. The number of nitrogens with zero attached hydrogens (tertiary/aromatic N) is 1. The van der Waals surface area contributed by atoms with Crippen LogP contribution in [0.25, 0.3) is 0 Å². The van der Waals surface area contributed by atoms with Crippen LogP contribution < -0.4 is 5.32 Å². The summed E-state index contributed by atoms with van der Waals surface area (Å²) in [6.07, 6.45) is 6.03. The molecule has 1 saturated heterocycles. The fraction of sp³-hybridized carbons (Fsp3) is 0.667. The largest absolute Gasteiger partial charge is 0.342 e. The molecule has 1 aromatic carbocycles. The van der Waals surface area contributed by atoms with Crippen molar-refractivity contribution in [2.75, 3.05) is 19.6 Å². The van der Waals surface area contributed by atoms with Gasteiger partial charge >= 0.3 is 0 Å². The zero-order chi connectivity index (χ0) is 16.9. The van der Waals surface area contributed by atoms with E-state index in [0.717, 1.165) is 38.3 Å². The van der Waals surface area contributed by atoms with Crippen LogP contribution in [0.5, 0.6) is 0 Å². The molecular formula is C21H32N2O. The summed E-state index contributed by atoms with van der Waals surface area (Å²) in [4.78, 5) is 15.3. The molecule has 2 unspecified atom stereocenters. The van der Waals surface area contributed by atoms with Crippen molar-refractivity contribution in [2.45, 2.75) is 57.9 Å². The predicted octanol–water partition coefficient (Wildman–Crippen LogP) is 3.81. The van der Waals surface area contributed by atoms with Gasteiger partial charge in [0.25, 0.3) is 0 Å². The molecule has 1 amide bonds. The zero-order valence-electron chi connectivity index (χ0n) is 15.2. The molecule has 1 aliphatic heterocycles. The van der Waals surface area contributed by atoms with E-state index in [1.54, 1.807) is 0 Å². The third-order valence-corrected chi connectivity index (χ3v) is 5.84. The average Bonchev–Trinajstić information content (AvgIpc) is 3.45. The van der Waals surface area contributed by atoms with Crippen molar-refractivity contribution in [3.05, 3.63) is 35.9 Å². The molecule has 24 heavy (non-hydrogen) atoms. The number of rotatable bonds is 7. The third kappa shape index (κ3) is 4.38. The van der Waals surface area contributed by atoms with Gasteiger partial charge in [0.05, 0.1) is 5.92 Å². The maximum Gasteiger partial charge on any atom is 0.230 e. The highest BCUT2D eigenvalue weighted by molar-refractivity contribution is 5.84. The molecule has 0 spiro atoms. The molecule has 3 rings (SSSR count). The number of amides is 1. The number of carbonyl (C=O) groups is 1. The number of nitrogens with one attached hydrogen (secondary N) is 1. The zero-order valence-corrected chi connectivity index (χ0v) is 15.2. The standard InChI is InChI=1S/C21H32N2O/c1-3-16(2)20(18-7-5-4-6-8-18)21(24)23-13-11-19(12-14-23)22-15-17-9-10-17/h4-8,16-17,19-20,22H,3,9-15H2,1-2H3. The van der Waals surface area contributed by atoms with Gasteiger partial charge in [-0.2, -0.15) is 0 Å². The van der Waals surface area contributed by atoms with E-state index < -0.39 is 0 Å². The third-order valence-electron chi connectivity index (χ3n) is 5.84. The average molecular weight is 328 g/mol. The summed E-state index contributed by atoms with van der Waals surface area (Å²) < 4.78 is 0. The summed E-state index contributed by atoms with van der Waals surface area (Å²) in [6, 6.07) is 10.9. The van der Waals surface area contributed by atoms with Gasteiger partial charge in [-0.25, -0.2) is 0 Å². The van der Waals surface area contributed by atoms with Gasteiger partial charge in [-0.1, -0.05) is 50.6 Å². The minimum Gasteiger partial charge on any atom is -0.342 e. The lowest BCUT2D eigenvalue weighted by Gasteiger charge is -2.36. The topological polar surface area (TPSA) is 32.3 Å². The number of likely N-dealkylation sites (tertiary alicyclic amines) is 1. The molecule has 0 bridgehead atoms. The van der Waals surface area contributed by atoms with Gasteiger partial charge in [0.1, 0.15) is 0 Å². The Kier molecular flexibility index (Phi) is 5.94. The van der Waals surface area contributed by atoms with Gasteiger partial charge in [-0.15, -0.1) is 0 Å². The lowest BCUT2D eigenvalue weighted by molar-refractivity contribution is -0.135. The highest BCUT2D eigenvalue weighted by Gasteiger charge is 2.32. The van der Waals surface area contributed by atoms with E-state index in [2.05, 4.69) is 36.2 Å². The maximum absolute atomic E-state index is 13.2. The van der Waals surface area contributed by atoms with Crippen molar-refractivity contribution in [3.63, 3.8) is 0 Å². The number of benzene rings is 1. The Labute approximate surface area is 146 Å². The van der Waals surface area contributed by atoms with Crippen LogP contribution in [0.2, 0.25) is 0 Å². The van der Waals surface area contributed by atoms with Crippen LogP contribution >= 0.6 is 0 Å². The van der Waals surface area contributed by atoms with Crippen molar-refractivity contribution in [2.24, 2.45) is 11.8 Å². The van der Waals surface area contributed by atoms with Crippen molar-refractivity contribution >= 4 is 5.91 Å². The first-order valence-corrected chi connectivity index (χ1v) is 9.76. The second kappa shape index (κ2) is 8.15. The Morgan fingerprint density at radius 2 is 1.83 bits per heavy atom. The molecule has 0 aromatic heterocycles. The van der Waals surface area contributed by atoms with Crippen LogP contribution in [-0.4, -0.2) is 36.5 Å². The molecule has 2 fully saturated rings. The quantitative estimate of drug-likeness (QED) is 0.825. The normalized spacial score (nSPS) is 21.5. The lowest BCUT2D eigenvalue weighted by Crippen LogP contribution is -2.47. The van der Waals surface area contributed by atoms with E-state index in [1.165, 1.54) is 24.9 Å². The van der Waals surface area contributed by atoms with E-state index in [9.17, 15) is 4.79 Å². The Balaban J connectivity index is 1.58. The monoisotopic (exact) mass is 328 g/mol. The molecule has 3 heteroatoms. The predicted molar refractivity (Wildman–Crippen MR) is 99.0 cm³/mol. The van der Waals surface area contributed by atoms with E-state index in [-0.39, 0.29) is 5.92 Å².